The molecule has 0 spiro atoms. The second-order valence-corrected chi connectivity index (χ2v) is 3.64. The number of aliphatic hydroxyl groups excluding tert-OH is 1. The molecule has 0 aliphatic heterocycles. The number of benzene rings is 1. The van der Waals surface area contributed by atoms with Gasteiger partial charge in [-0.2, -0.15) is 0 Å². The van der Waals surface area contributed by atoms with Crippen molar-refractivity contribution in [2.24, 2.45) is 0 Å². The Bertz CT molecular complexity index is 358. The second-order valence-electron chi connectivity index (χ2n) is 3.64. The predicted molar refractivity (Wildman–Crippen MR) is 63.0 cm³/mol. The van der Waals surface area contributed by atoms with E-state index in [0.29, 0.717) is 24.2 Å². The molecule has 0 radical (unpaired) electrons. The van der Waals surface area contributed by atoms with Gasteiger partial charge in [0.25, 0.3) is 0 Å². The molecule has 0 fully saturated rings. The van der Waals surface area contributed by atoms with Crippen LogP contribution in [0.25, 0.3) is 0 Å². The van der Waals surface area contributed by atoms with Crippen molar-refractivity contribution >= 4 is 5.78 Å². The summed E-state index contributed by atoms with van der Waals surface area (Å²) in [6, 6.07) is 5.66. The van der Waals surface area contributed by atoms with Crippen molar-refractivity contribution in [3.05, 3.63) is 29.3 Å². The summed E-state index contributed by atoms with van der Waals surface area (Å²) < 4.78 is 5.16. The van der Waals surface area contributed by atoms with E-state index >= 15 is 0 Å². The summed E-state index contributed by atoms with van der Waals surface area (Å²) in [7, 11) is 1.56. The molecule has 0 saturated carbocycles. The topological polar surface area (TPSA) is 46.5 Å². The zero-order valence-electron chi connectivity index (χ0n) is 9.82. The van der Waals surface area contributed by atoms with Crippen LogP contribution in [-0.2, 0) is 6.42 Å². The fourth-order valence-electron chi connectivity index (χ4n) is 1.57. The molecule has 16 heavy (non-hydrogen) atoms. The van der Waals surface area contributed by atoms with E-state index in [2.05, 4.69) is 0 Å². The van der Waals surface area contributed by atoms with Gasteiger partial charge in [-0.15, -0.1) is 0 Å². The first-order chi connectivity index (χ1) is 7.72. The Morgan fingerprint density at radius 3 is 2.75 bits per heavy atom. The molecule has 0 atom stereocenters. The van der Waals surface area contributed by atoms with Crippen molar-refractivity contribution in [1.82, 2.24) is 0 Å². The number of Topliss-reactive ketones (excluding diaryl/α,β-unsaturated/α-hetero) is 1. The molecular formula is C13H18O3. The lowest BCUT2D eigenvalue weighted by atomic mass is 10.0. The number of ether oxygens (including phenoxy) is 1. The maximum Gasteiger partial charge on any atom is 0.166 e. The monoisotopic (exact) mass is 222 g/mol. The summed E-state index contributed by atoms with van der Waals surface area (Å²) in [6.07, 6.45) is 1.75. The SMILES string of the molecule is CCc1ccc(OC)c(C(=O)CCCO)c1. The largest absolute Gasteiger partial charge is 0.496 e. The first kappa shape index (κ1) is 12.7. The Morgan fingerprint density at radius 1 is 1.44 bits per heavy atom. The third-order valence-electron chi connectivity index (χ3n) is 2.53. The maximum atomic E-state index is 11.9. The molecule has 3 heteroatoms. The van der Waals surface area contributed by atoms with E-state index in [4.69, 9.17) is 9.84 Å². The van der Waals surface area contributed by atoms with Crippen molar-refractivity contribution in [2.75, 3.05) is 13.7 Å². The number of aliphatic hydroxyl groups is 1. The van der Waals surface area contributed by atoms with E-state index in [1.54, 1.807) is 7.11 Å². The minimum absolute atomic E-state index is 0.0289. The van der Waals surface area contributed by atoms with E-state index in [9.17, 15) is 4.79 Å². The maximum absolute atomic E-state index is 11.9. The van der Waals surface area contributed by atoms with Gasteiger partial charge >= 0.3 is 0 Å². The van der Waals surface area contributed by atoms with Gasteiger partial charge in [0.1, 0.15) is 5.75 Å². The first-order valence-electron chi connectivity index (χ1n) is 5.53. The van der Waals surface area contributed by atoms with Crippen molar-refractivity contribution in [1.29, 1.82) is 0 Å². The average Bonchev–Trinajstić information content (AvgIpc) is 2.35. The lowest BCUT2D eigenvalue weighted by molar-refractivity contribution is 0.0968. The van der Waals surface area contributed by atoms with E-state index in [0.717, 1.165) is 12.0 Å². The van der Waals surface area contributed by atoms with Gasteiger partial charge in [-0.05, 0) is 30.5 Å². The van der Waals surface area contributed by atoms with Gasteiger partial charge in [0, 0.05) is 13.0 Å². The molecule has 88 valence electrons. The summed E-state index contributed by atoms with van der Waals surface area (Å²) in [5, 5.41) is 8.71. The van der Waals surface area contributed by atoms with Crippen LogP contribution in [0, 0.1) is 0 Å². The molecule has 0 heterocycles. The molecule has 1 N–H and O–H groups in total. The molecular weight excluding hydrogens is 204 g/mol. The van der Waals surface area contributed by atoms with Crippen LogP contribution in [0.15, 0.2) is 18.2 Å². The number of ketones is 1. The third kappa shape index (κ3) is 3.07. The lowest BCUT2D eigenvalue weighted by Crippen LogP contribution is -2.04. The lowest BCUT2D eigenvalue weighted by Gasteiger charge is -2.09. The van der Waals surface area contributed by atoms with Crippen LogP contribution in [0.4, 0.5) is 0 Å². The average molecular weight is 222 g/mol. The number of aryl methyl sites for hydroxylation is 1. The van der Waals surface area contributed by atoms with Crippen LogP contribution in [-0.4, -0.2) is 24.6 Å². The highest BCUT2D eigenvalue weighted by molar-refractivity contribution is 5.98. The molecule has 0 unspecified atom stereocenters. The fourth-order valence-corrected chi connectivity index (χ4v) is 1.57. The minimum Gasteiger partial charge on any atom is -0.496 e. The fraction of sp³-hybridized carbons (Fsp3) is 0.462. The number of carbonyl (C=O) groups excluding carboxylic acids is 1. The summed E-state index contributed by atoms with van der Waals surface area (Å²) in [5.41, 5.74) is 1.74. The number of hydrogen-bond acceptors (Lipinski definition) is 3. The third-order valence-corrected chi connectivity index (χ3v) is 2.53. The van der Waals surface area contributed by atoms with Gasteiger partial charge in [-0.25, -0.2) is 0 Å². The van der Waals surface area contributed by atoms with Gasteiger partial charge in [-0.1, -0.05) is 13.0 Å². The molecule has 3 nitrogen and oxygen atoms in total. The van der Waals surface area contributed by atoms with Gasteiger partial charge in [-0.3, -0.25) is 4.79 Å². The molecule has 0 aliphatic rings. The highest BCUT2D eigenvalue weighted by atomic mass is 16.5. The van der Waals surface area contributed by atoms with E-state index in [1.165, 1.54) is 0 Å². The molecule has 0 aliphatic carbocycles. The number of carbonyl (C=O) groups is 1. The van der Waals surface area contributed by atoms with Crippen LogP contribution in [0.5, 0.6) is 5.75 Å². The molecule has 0 saturated heterocycles. The van der Waals surface area contributed by atoms with Gasteiger partial charge in [0.05, 0.1) is 12.7 Å². The van der Waals surface area contributed by atoms with E-state index in [1.807, 2.05) is 25.1 Å². The quantitative estimate of drug-likeness (QED) is 0.751. The summed E-state index contributed by atoms with van der Waals surface area (Å²) in [6.45, 7) is 2.09. The van der Waals surface area contributed by atoms with Crippen LogP contribution in [0.3, 0.4) is 0 Å². The Hall–Kier alpha value is -1.35. The Morgan fingerprint density at radius 2 is 2.19 bits per heavy atom. The van der Waals surface area contributed by atoms with Crippen molar-refractivity contribution in [3.8, 4) is 5.75 Å². The summed E-state index contributed by atoms with van der Waals surface area (Å²) in [5.74, 6) is 0.640. The van der Waals surface area contributed by atoms with Crippen LogP contribution < -0.4 is 4.74 Å². The number of rotatable bonds is 6. The normalized spacial score (nSPS) is 10.2. The number of methoxy groups -OCH3 is 1. The molecule has 1 aromatic rings. The molecule has 1 aromatic carbocycles. The summed E-state index contributed by atoms with van der Waals surface area (Å²) >= 11 is 0. The smallest absolute Gasteiger partial charge is 0.166 e. The highest BCUT2D eigenvalue weighted by Crippen LogP contribution is 2.22. The molecule has 0 amide bonds. The Labute approximate surface area is 96.1 Å². The van der Waals surface area contributed by atoms with Gasteiger partial charge in [0.2, 0.25) is 0 Å². The van der Waals surface area contributed by atoms with Crippen molar-refractivity contribution in [2.45, 2.75) is 26.2 Å². The Kier molecular flexibility index (Phi) is 4.99. The highest BCUT2D eigenvalue weighted by Gasteiger charge is 2.12. The van der Waals surface area contributed by atoms with Gasteiger partial charge < -0.3 is 9.84 Å². The van der Waals surface area contributed by atoms with Crippen molar-refractivity contribution in [3.63, 3.8) is 0 Å². The zero-order chi connectivity index (χ0) is 12.0. The van der Waals surface area contributed by atoms with Gasteiger partial charge in [0.15, 0.2) is 5.78 Å². The van der Waals surface area contributed by atoms with Crippen molar-refractivity contribution < 1.29 is 14.6 Å². The summed E-state index contributed by atoms with van der Waals surface area (Å²) in [4.78, 5) is 11.9. The van der Waals surface area contributed by atoms with E-state index in [-0.39, 0.29) is 12.4 Å². The molecule has 0 bridgehead atoms. The van der Waals surface area contributed by atoms with E-state index < -0.39 is 0 Å². The zero-order valence-corrected chi connectivity index (χ0v) is 9.82. The van der Waals surface area contributed by atoms with Crippen LogP contribution >= 0.6 is 0 Å². The molecule has 0 aromatic heterocycles. The standard InChI is InChI=1S/C13H18O3/c1-3-10-6-7-13(16-2)11(9-10)12(15)5-4-8-14/h6-7,9,14H,3-5,8H2,1-2H3. The van der Waals surface area contributed by atoms with Crippen LogP contribution in [0.1, 0.15) is 35.7 Å². The number of hydrogen-bond donors (Lipinski definition) is 1. The van der Waals surface area contributed by atoms with Crippen LogP contribution in [0.2, 0.25) is 0 Å². The predicted octanol–water partition coefficient (Wildman–Crippen LogP) is 2.21. The first-order valence-corrected chi connectivity index (χ1v) is 5.53. The molecule has 1 rings (SSSR count). The minimum atomic E-state index is 0.0289. The Balaban J connectivity index is 2.94. The second kappa shape index (κ2) is 6.28.